The summed E-state index contributed by atoms with van der Waals surface area (Å²) in [6.45, 7) is 2.66. The molecule has 6 heteroatoms. The quantitative estimate of drug-likeness (QED) is 0.685. The fourth-order valence-electron chi connectivity index (χ4n) is 3.43. The van der Waals surface area contributed by atoms with Gasteiger partial charge >= 0.3 is 0 Å². The van der Waals surface area contributed by atoms with Crippen LogP contribution in [0.2, 0.25) is 0 Å². The number of carbonyl (C=O) groups excluding carboxylic acids is 1. The number of likely N-dealkylation sites (tertiary alicyclic amines) is 1. The molecule has 2 fully saturated rings. The number of carbonyl (C=O) groups is 1. The summed E-state index contributed by atoms with van der Waals surface area (Å²) in [6, 6.07) is 3.25. The Morgan fingerprint density at radius 1 is 1.35 bits per heavy atom. The molecule has 1 aliphatic carbocycles. The summed E-state index contributed by atoms with van der Waals surface area (Å²) >= 11 is 0. The Labute approximate surface area is 116 Å². The van der Waals surface area contributed by atoms with Crippen LogP contribution in [0.3, 0.4) is 0 Å². The SMILES string of the molecule is Cc1ccc(C(=O)N2CC3C(C2)C3(CO)CO)c(=O)[nH]1. The van der Waals surface area contributed by atoms with Crippen LogP contribution >= 0.6 is 0 Å². The third-order valence-corrected chi connectivity index (χ3v) is 4.85. The van der Waals surface area contributed by atoms with E-state index in [1.807, 2.05) is 0 Å². The maximum Gasteiger partial charge on any atom is 0.260 e. The van der Waals surface area contributed by atoms with Crippen molar-refractivity contribution in [2.45, 2.75) is 6.92 Å². The van der Waals surface area contributed by atoms with Gasteiger partial charge in [0.2, 0.25) is 0 Å². The van der Waals surface area contributed by atoms with Gasteiger partial charge in [-0.15, -0.1) is 0 Å². The van der Waals surface area contributed by atoms with Gasteiger partial charge in [-0.2, -0.15) is 0 Å². The summed E-state index contributed by atoms with van der Waals surface area (Å²) in [4.78, 5) is 28.4. The molecule has 2 atom stereocenters. The number of piperidine rings is 1. The standard InChI is InChI=1S/C14H18N2O4/c1-8-2-3-9(12(19)15-8)13(20)16-4-10-11(5-16)14(10,6-17)7-18/h2-3,10-11,17-18H,4-7H2,1H3,(H,15,19). The van der Waals surface area contributed by atoms with Crippen molar-refractivity contribution in [3.63, 3.8) is 0 Å². The molecular formula is C14H18N2O4. The highest BCUT2D eigenvalue weighted by Gasteiger charge is 2.68. The molecule has 2 heterocycles. The zero-order chi connectivity index (χ0) is 14.5. The Bertz CT molecular complexity index is 591. The molecule has 2 aliphatic rings. The van der Waals surface area contributed by atoms with E-state index in [9.17, 15) is 19.8 Å². The van der Waals surface area contributed by atoms with Gasteiger partial charge in [-0.25, -0.2) is 0 Å². The molecule has 1 aliphatic heterocycles. The maximum atomic E-state index is 12.3. The number of hydrogen-bond donors (Lipinski definition) is 3. The number of rotatable bonds is 3. The van der Waals surface area contributed by atoms with Gasteiger partial charge < -0.3 is 20.1 Å². The molecule has 0 spiro atoms. The van der Waals surface area contributed by atoms with Gasteiger partial charge in [0.05, 0.1) is 13.2 Å². The van der Waals surface area contributed by atoms with Crippen molar-refractivity contribution in [3.05, 3.63) is 33.7 Å². The number of pyridine rings is 1. The van der Waals surface area contributed by atoms with Gasteiger partial charge in [-0.3, -0.25) is 9.59 Å². The van der Waals surface area contributed by atoms with Crippen molar-refractivity contribution in [3.8, 4) is 0 Å². The largest absolute Gasteiger partial charge is 0.396 e. The molecule has 20 heavy (non-hydrogen) atoms. The number of aliphatic hydroxyl groups excluding tert-OH is 2. The highest BCUT2D eigenvalue weighted by Crippen LogP contribution is 2.62. The normalized spacial score (nSPS) is 26.4. The third-order valence-electron chi connectivity index (χ3n) is 4.85. The molecule has 1 saturated carbocycles. The van der Waals surface area contributed by atoms with Gasteiger partial charge in [0.25, 0.3) is 11.5 Å². The molecule has 3 N–H and O–H groups in total. The first-order chi connectivity index (χ1) is 9.53. The number of nitrogens with zero attached hydrogens (tertiary/aromatic N) is 1. The minimum absolute atomic E-state index is 0.0496. The van der Waals surface area contributed by atoms with Crippen molar-refractivity contribution in [2.24, 2.45) is 17.3 Å². The molecule has 3 rings (SSSR count). The average molecular weight is 278 g/mol. The second kappa shape index (κ2) is 4.43. The van der Waals surface area contributed by atoms with Gasteiger partial charge in [-0.05, 0) is 30.9 Å². The molecule has 1 amide bonds. The summed E-state index contributed by atoms with van der Waals surface area (Å²) in [5, 5.41) is 18.7. The number of nitrogens with one attached hydrogen (secondary N) is 1. The maximum absolute atomic E-state index is 12.3. The Balaban J connectivity index is 1.75. The van der Waals surface area contributed by atoms with Crippen LogP contribution in [0.15, 0.2) is 16.9 Å². The second-order valence-electron chi connectivity index (χ2n) is 5.86. The summed E-state index contributed by atoms with van der Waals surface area (Å²) in [5.41, 5.74) is 0.0771. The molecule has 1 aromatic heterocycles. The first-order valence-corrected chi connectivity index (χ1v) is 6.74. The van der Waals surface area contributed by atoms with Crippen molar-refractivity contribution in [2.75, 3.05) is 26.3 Å². The number of hydrogen-bond acceptors (Lipinski definition) is 4. The van der Waals surface area contributed by atoms with Crippen LogP contribution in [-0.4, -0.2) is 52.3 Å². The fraction of sp³-hybridized carbons (Fsp3) is 0.571. The van der Waals surface area contributed by atoms with Crippen LogP contribution in [0.4, 0.5) is 0 Å². The molecule has 1 saturated heterocycles. The second-order valence-corrected chi connectivity index (χ2v) is 5.86. The Morgan fingerprint density at radius 2 is 1.95 bits per heavy atom. The van der Waals surface area contributed by atoms with Crippen molar-refractivity contribution >= 4 is 5.91 Å². The van der Waals surface area contributed by atoms with E-state index in [2.05, 4.69) is 4.98 Å². The van der Waals surface area contributed by atoms with Gasteiger partial charge in [0.1, 0.15) is 5.56 Å². The lowest BCUT2D eigenvalue weighted by atomic mass is 10.0. The van der Waals surface area contributed by atoms with Crippen LogP contribution in [0, 0.1) is 24.2 Å². The number of aryl methyl sites for hydroxylation is 1. The molecule has 2 unspecified atom stereocenters. The lowest BCUT2D eigenvalue weighted by Gasteiger charge is -2.24. The minimum Gasteiger partial charge on any atom is -0.396 e. The predicted octanol–water partition coefficient (Wildman–Crippen LogP) is -0.644. The monoisotopic (exact) mass is 278 g/mol. The van der Waals surface area contributed by atoms with E-state index in [0.29, 0.717) is 13.1 Å². The summed E-state index contributed by atoms with van der Waals surface area (Å²) < 4.78 is 0. The predicted molar refractivity (Wildman–Crippen MR) is 71.3 cm³/mol. The summed E-state index contributed by atoms with van der Waals surface area (Å²) in [5.74, 6) is 0.0141. The average Bonchev–Trinajstić information content (AvgIpc) is 2.80. The van der Waals surface area contributed by atoms with E-state index in [1.165, 1.54) is 0 Å². The Morgan fingerprint density at radius 3 is 2.45 bits per heavy atom. The molecule has 6 nitrogen and oxygen atoms in total. The summed E-state index contributed by atoms with van der Waals surface area (Å²) in [6.07, 6.45) is 0. The van der Waals surface area contributed by atoms with Crippen LogP contribution in [0.25, 0.3) is 0 Å². The number of aromatic nitrogens is 1. The highest BCUT2D eigenvalue weighted by atomic mass is 16.3. The van der Waals surface area contributed by atoms with Crippen LogP contribution in [0.5, 0.6) is 0 Å². The smallest absolute Gasteiger partial charge is 0.260 e. The van der Waals surface area contributed by atoms with E-state index >= 15 is 0 Å². The fourth-order valence-corrected chi connectivity index (χ4v) is 3.43. The van der Waals surface area contributed by atoms with E-state index in [0.717, 1.165) is 5.69 Å². The number of H-pyrrole nitrogens is 1. The zero-order valence-corrected chi connectivity index (χ0v) is 11.3. The molecule has 0 radical (unpaired) electrons. The van der Waals surface area contributed by atoms with Crippen molar-refractivity contribution in [1.29, 1.82) is 0 Å². The first kappa shape index (κ1) is 13.3. The first-order valence-electron chi connectivity index (χ1n) is 6.74. The summed E-state index contributed by atoms with van der Waals surface area (Å²) in [7, 11) is 0. The number of fused-ring (bicyclic) bond motifs is 1. The number of aliphatic hydroxyl groups is 2. The van der Waals surface area contributed by atoms with E-state index in [1.54, 1.807) is 24.0 Å². The highest BCUT2D eigenvalue weighted by molar-refractivity contribution is 5.94. The molecule has 1 aromatic rings. The van der Waals surface area contributed by atoms with E-state index in [-0.39, 0.29) is 42.1 Å². The Kier molecular flexibility index (Phi) is 2.95. The molecule has 108 valence electrons. The van der Waals surface area contributed by atoms with E-state index in [4.69, 9.17) is 0 Å². The van der Waals surface area contributed by atoms with Crippen molar-refractivity contribution in [1.82, 2.24) is 9.88 Å². The van der Waals surface area contributed by atoms with Gasteiger partial charge in [0, 0.05) is 24.2 Å². The topological polar surface area (TPSA) is 93.6 Å². The zero-order valence-electron chi connectivity index (χ0n) is 11.3. The van der Waals surface area contributed by atoms with E-state index < -0.39 is 5.41 Å². The van der Waals surface area contributed by atoms with Gasteiger partial charge in [-0.1, -0.05) is 0 Å². The lowest BCUT2D eigenvalue weighted by molar-refractivity contribution is 0.0635. The minimum atomic E-state index is -0.420. The lowest BCUT2D eigenvalue weighted by Crippen LogP contribution is -2.38. The molecule has 0 aromatic carbocycles. The van der Waals surface area contributed by atoms with Gasteiger partial charge in [0.15, 0.2) is 0 Å². The number of aromatic amines is 1. The van der Waals surface area contributed by atoms with Crippen molar-refractivity contribution < 1.29 is 15.0 Å². The Hall–Kier alpha value is -1.66. The third kappa shape index (κ3) is 1.72. The number of amides is 1. The van der Waals surface area contributed by atoms with Crippen LogP contribution in [0.1, 0.15) is 16.1 Å². The van der Waals surface area contributed by atoms with Crippen LogP contribution < -0.4 is 5.56 Å². The van der Waals surface area contributed by atoms with Crippen LogP contribution in [-0.2, 0) is 0 Å². The molecular weight excluding hydrogens is 260 g/mol. The molecule has 0 bridgehead atoms.